The van der Waals surface area contributed by atoms with Crippen molar-refractivity contribution in [2.75, 3.05) is 13.7 Å². The predicted molar refractivity (Wildman–Crippen MR) is 93.1 cm³/mol. The monoisotopic (exact) mass is 358 g/mol. The zero-order valence-corrected chi connectivity index (χ0v) is 14.6. The Bertz CT molecular complexity index is 705. The molecular weight excluding hydrogens is 336 g/mol. The van der Waals surface area contributed by atoms with Crippen molar-refractivity contribution >= 4 is 5.91 Å². The molecule has 0 aromatic carbocycles. The van der Waals surface area contributed by atoms with Crippen molar-refractivity contribution in [1.82, 2.24) is 20.3 Å². The van der Waals surface area contributed by atoms with E-state index >= 15 is 0 Å². The van der Waals surface area contributed by atoms with Crippen molar-refractivity contribution in [3.63, 3.8) is 0 Å². The number of nitrogens with zero attached hydrogens (tertiary/aromatic N) is 3. The Morgan fingerprint density at radius 2 is 1.92 bits per heavy atom. The van der Waals surface area contributed by atoms with Crippen LogP contribution < -0.4 is 19.5 Å². The van der Waals surface area contributed by atoms with Crippen LogP contribution in [0.4, 0.5) is 0 Å². The first kappa shape index (κ1) is 17.9. The van der Waals surface area contributed by atoms with Crippen LogP contribution in [0.2, 0.25) is 0 Å². The van der Waals surface area contributed by atoms with Gasteiger partial charge >= 0.3 is 0 Å². The van der Waals surface area contributed by atoms with Crippen LogP contribution in [0.1, 0.15) is 25.7 Å². The van der Waals surface area contributed by atoms with Crippen LogP contribution in [-0.2, 0) is 4.79 Å². The Hall–Kier alpha value is -2.90. The molecule has 1 aliphatic rings. The Morgan fingerprint density at radius 1 is 1.15 bits per heavy atom. The minimum atomic E-state index is -0.131. The molecule has 1 saturated carbocycles. The highest BCUT2D eigenvalue weighted by atomic mass is 16.5. The molecule has 0 unspecified atom stereocenters. The first-order valence-corrected chi connectivity index (χ1v) is 8.58. The van der Waals surface area contributed by atoms with E-state index in [2.05, 4.69) is 20.3 Å². The number of carbonyl (C=O) groups excluding carboxylic acids is 1. The van der Waals surface area contributed by atoms with E-state index in [1.54, 1.807) is 36.9 Å². The molecule has 3 rings (SSSR count). The van der Waals surface area contributed by atoms with Gasteiger partial charge in [0.15, 0.2) is 6.61 Å². The topological polar surface area (TPSA) is 95.5 Å². The zero-order chi connectivity index (χ0) is 18.2. The fourth-order valence-corrected chi connectivity index (χ4v) is 2.87. The molecule has 1 aliphatic carbocycles. The third-order valence-electron chi connectivity index (χ3n) is 4.15. The lowest BCUT2D eigenvalue weighted by atomic mass is 9.93. The number of hydrogen-bond acceptors (Lipinski definition) is 7. The minimum absolute atomic E-state index is 0.0150. The van der Waals surface area contributed by atoms with Gasteiger partial charge in [-0.05, 0) is 37.8 Å². The van der Waals surface area contributed by atoms with Crippen molar-refractivity contribution in [2.45, 2.75) is 37.8 Å². The summed E-state index contributed by atoms with van der Waals surface area (Å²) < 4.78 is 16.4. The number of amides is 1. The fourth-order valence-electron chi connectivity index (χ4n) is 2.87. The molecule has 0 aliphatic heterocycles. The first-order chi connectivity index (χ1) is 12.7. The van der Waals surface area contributed by atoms with Gasteiger partial charge in [-0.2, -0.15) is 0 Å². The second-order valence-electron chi connectivity index (χ2n) is 6.01. The highest BCUT2D eigenvalue weighted by Crippen LogP contribution is 2.27. The van der Waals surface area contributed by atoms with Gasteiger partial charge in [-0.15, -0.1) is 0 Å². The van der Waals surface area contributed by atoms with Crippen molar-refractivity contribution in [2.24, 2.45) is 0 Å². The number of carbonyl (C=O) groups is 1. The summed E-state index contributed by atoms with van der Waals surface area (Å²) in [5.74, 6) is 1.24. The summed E-state index contributed by atoms with van der Waals surface area (Å²) in [6.45, 7) is -0.0150. The maximum Gasteiger partial charge on any atom is 0.278 e. The lowest BCUT2D eigenvalue weighted by molar-refractivity contribution is -0.124. The minimum Gasteiger partial charge on any atom is -0.482 e. The average molecular weight is 358 g/mol. The number of rotatable bonds is 7. The molecule has 138 valence electrons. The van der Waals surface area contributed by atoms with Gasteiger partial charge in [0.1, 0.15) is 11.9 Å². The first-order valence-electron chi connectivity index (χ1n) is 8.58. The van der Waals surface area contributed by atoms with Crippen molar-refractivity contribution in [1.29, 1.82) is 0 Å². The highest BCUT2D eigenvalue weighted by Gasteiger charge is 2.25. The molecule has 0 radical (unpaired) electrons. The van der Waals surface area contributed by atoms with E-state index in [9.17, 15) is 4.79 Å². The molecule has 0 spiro atoms. The summed E-state index contributed by atoms with van der Waals surface area (Å²) >= 11 is 0. The van der Waals surface area contributed by atoms with Crippen molar-refractivity contribution < 1.29 is 19.0 Å². The molecule has 1 amide bonds. The molecule has 26 heavy (non-hydrogen) atoms. The van der Waals surface area contributed by atoms with Crippen LogP contribution in [0.25, 0.3) is 0 Å². The quantitative estimate of drug-likeness (QED) is 0.806. The smallest absolute Gasteiger partial charge is 0.278 e. The third-order valence-corrected chi connectivity index (χ3v) is 4.15. The molecule has 2 heterocycles. The van der Waals surface area contributed by atoms with Gasteiger partial charge in [-0.25, -0.2) is 9.97 Å². The maximum absolute atomic E-state index is 12.0. The van der Waals surface area contributed by atoms with Gasteiger partial charge in [0, 0.05) is 24.6 Å². The Morgan fingerprint density at radius 3 is 2.62 bits per heavy atom. The van der Waals surface area contributed by atoms with Gasteiger partial charge in [-0.1, -0.05) is 0 Å². The van der Waals surface area contributed by atoms with Crippen LogP contribution >= 0.6 is 0 Å². The lowest BCUT2D eigenvalue weighted by Crippen LogP contribution is -2.41. The van der Waals surface area contributed by atoms with E-state index in [0.29, 0.717) is 17.5 Å². The molecule has 8 nitrogen and oxygen atoms in total. The Kier molecular flexibility index (Phi) is 6.19. The number of ether oxygens (including phenoxy) is 3. The predicted octanol–water partition coefficient (Wildman–Crippen LogP) is 1.77. The summed E-state index contributed by atoms with van der Waals surface area (Å²) in [4.78, 5) is 24.2. The van der Waals surface area contributed by atoms with Crippen LogP contribution in [0.3, 0.4) is 0 Å². The fraction of sp³-hybridized carbons (Fsp3) is 0.444. The Balaban J connectivity index is 1.40. The standard InChI is InChI=1S/C18H22N4O4/c1-24-17-18(21-10-9-20-17)26-14-6-4-13(5-7-14)22-16(23)12-25-15-3-2-8-19-11-15/h2-3,8-11,13-14H,4-7,12H2,1H3,(H,22,23). The van der Waals surface area contributed by atoms with Crippen LogP contribution in [0.15, 0.2) is 36.9 Å². The lowest BCUT2D eigenvalue weighted by Gasteiger charge is -2.29. The molecule has 2 aromatic heterocycles. The van der Waals surface area contributed by atoms with Crippen LogP contribution in [-0.4, -0.2) is 46.7 Å². The Labute approximate surface area is 151 Å². The molecular formula is C18H22N4O4. The summed E-state index contributed by atoms with van der Waals surface area (Å²) in [7, 11) is 1.54. The van der Waals surface area contributed by atoms with E-state index < -0.39 is 0 Å². The van der Waals surface area contributed by atoms with Crippen molar-refractivity contribution in [3.8, 4) is 17.5 Å². The van der Waals surface area contributed by atoms with Crippen molar-refractivity contribution in [3.05, 3.63) is 36.9 Å². The molecule has 2 aromatic rings. The van der Waals surface area contributed by atoms with Crippen LogP contribution in [0, 0.1) is 0 Å². The summed E-state index contributed by atoms with van der Waals surface area (Å²) in [6.07, 6.45) is 9.75. The molecule has 1 fully saturated rings. The SMILES string of the molecule is COc1nccnc1OC1CCC(NC(=O)COc2cccnc2)CC1. The average Bonchev–Trinajstić information content (AvgIpc) is 2.69. The van der Waals surface area contributed by atoms with E-state index in [4.69, 9.17) is 14.2 Å². The highest BCUT2D eigenvalue weighted by molar-refractivity contribution is 5.77. The number of pyridine rings is 1. The van der Waals surface area contributed by atoms with Gasteiger partial charge in [0.25, 0.3) is 17.7 Å². The number of aromatic nitrogens is 3. The molecule has 0 atom stereocenters. The third kappa shape index (κ3) is 5.05. The second kappa shape index (κ2) is 8.98. The van der Waals surface area contributed by atoms with E-state index in [0.717, 1.165) is 25.7 Å². The largest absolute Gasteiger partial charge is 0.482 e. The van der Waals surface area contributed by atoms with Gasteiger partial charge < -0.3 is 19.5 Å². The van der Waals surface area contributed by atoms with Gasteiger partial charge in [0.05, 0.1) is 13.3 Å². The molecule has 1 N–H and O–H groups in total. The molecule has 0 bridgehead atoms. The number of methoxy groups -OCH3 is 1. The molecule has 0 saturated heterocycles. The van der Waals surface area contributed by atoms with Gasteiger partial charge in [-0.3, -0.25) is 9.78 Å². The van der Waals surface area contributed by atoms with E-state index in [1.807, 2.05) is 0 Å². The normalized spacial score (nSPS) is 19.4. The maximum atomic E-state index is 12.0. The number of nitrogens with one attached hydrogen (secondary N) is 1. The van der Waals surface area contributed by atoms with E-state index in [-0.39, 0.29) is 24.7 Å². The van der Waals surface area contributed by atoms with Crippen LogP contribution in [0.5, 0.6) is 17.5 Å². The van der Waals surface area contributed by atoms with Gasteiger partial charge in [0.2, 0.25) is 0 Å². The number of hydrogen-bond donors (Lipinski definition) is 1. The second-order valence-corrected chi connectivity index (χ2v) is 6.01. The van der Waals surface area contributed by atoms with E-state index in [1.165, 1.54) is 7.11 Å². The summed E-state index contributed by atoms with van der Waals surface area (Å²) in [5.41, 5.74) is 0. The summed E-state index contributed by atoms with van der Waals surface area (Å²) in [6, 6.07) is 3.66. The molecule has 8 heteroatoms. The summed E-state index contributed by atoms with van der Waals surface area (Å²) in [5, 5.41) is 3.00. The zero-order valence-electron chi connectivity index (χ0n) is 14.6.